The molecular formula is C19H18Cl2N2O5S. The van der Waals surface area contributed by atoms with E-state index in [4.69, 9.17) is 32.7 Å². The van der Waals surface area contributed by atoms with Crippen molar-refractivity contribution in [2.24, 2.45) is 4.99 Å². The molecule has 1 heterocycles. The van der Waals surface area contributed by atoms with Gasteiger partial charge in [-0.3, -0.25) is 14.5 Å². The summed E-state index contributed by atoms with van der Waals surface area (Å²) in [6.07, 6.45) is 0.586. The van der Waals surface area contributed by atoms with E-state index in [9.17, 15) is 13.2 Å². The van der Waals surface area contributed by atoms with Crippen LogP contribution in [-0.4, -0.2) is 40.0 Å². The van der Waals surface area contributed by atoms with Crippen LogP contribution < -0.4 is 9.46 Å². The van der Waals surface area contributed by atoms with E-state index < -0.39 is 10.0 Å². The first kappa shape index (κ1) is 21.4. The van der Waals surface area contributed by atoms with Gasteiger partial charge < -0.3 is 9.47 Å². The van der Waals surface area contributed by atoms with E-state index in [1.54, 1.807) is 36.4 Å². The van der Waals surface area contributed by atoms with Gasteiger partial charge in [-0.15, -0.1) is 0 Å². The second-order valence-electron chi connectivity index (χ2n) is 6.08. The summed E-state index contributed by atoms with van der Waals surface area (Å²) in [4.78, 5) is 16.2. The van der Waals surface area contributed by atoms with Gasteiger partial charge in [0.05, 0.1) is 9.92 Å². The number of nitrogens with one attached hydrogen (secondary N) is 1. The largest absolute Gasteiger partial charge is 0.488 e. The molecule has 0 radical (unpaired) electrons. The fourth-order valence-electron chi connectivity index (χ4n) is 2.64. The Morgan fingerprint density at radius 2 is 1.90 bits per heavy atom. The predicted octanol–water partition coefficient (Wildman–Crippen LogP) is 3.43. The van der Waals surface area contributed by atoms with Gasteiger partial charge in [-0.1, -0.05) is 35.3 Å². The first-order valence-corrected chi connectivity index (χ1v) is 11.0. The number of amidine groups is 1. The number of esters is 1. The van der Waals surface area contributed by atoms with Gasteiger partial charge in [0, 0.05) is 23.6 Å². The molecule has 1 N–H and O–H groups in total. The number of halogens is 2. The summed E-state index contributed by atoms with van der Waals surface area (Å²) in [5.41, 5.74) is 0.535. The summed E-state index contributed by atoms with van der Waals surface area (Å²) in [6.45, 7) is 0.533. The van der Waals surface area contributed by atoms with Crippen molar-refractivity contribution in [1.82, 2.24) is 4.72 Å². The van der Waals surface area contributed by atoms with Crippen LogP contribution in [0.4, 0.5) is 0 Å². The highest BCUT2D eigenvalue weighted by Gasteiger charge is 2.29. The second kappa shape index (κ2) is 9.47. The quantitative estimate of drug-likeness (QED) is 0.484. The van der Waals surface area contributed by atoms with E-state index in [0.717, 1.165) is 0 Å². The number of rotatable bonds is 8. The normalized spacial score (nSPS) is 15.6. The maximum absolute atomic E-state index is 12.0. The molecule has 3 rings (SSSR count). The Bertz CT molecular complexity index is 1040. The maximum atomic E-state index is 12.0. The molecule has 10 heteroatoms. The van der Waals surface area contributed by atoms with Crippen molar-refractivity contribution in [3.63, 3.8) is 0 Å². The van der Waals surface area contributed by atoms with Crippen molar-refractivity contribution in [3.05, 3.63) is 58.1 Å². The van der Waals surface area contributed by atoms with Gasteiger partial charge in [0.2, 0.25) is 0 Å². The summed E-state index contributed by atoms with van der Waals surface area (Å²) in [5, 5.41) is 0.887. The number of aliphatic imine (C=N–C) groups is 1. The summed E-state index contributed by atoms with van der Waals surface area (Å²) in [7, 11) is -3.55. The Morgan fingerprint density at radius 3 is 2.69 bits per heavy atom. The third-order valence-corrected chi connectivity index (χ3v) is 5.90. The summed E-state index contributed by atoms with van der Waals surface area (Å²) < 4.78 is 36.9. The van der Waals surface area contributed by atoms with Gasteiger partial charge in [-0.05, 0) is 36.8 Å². The Hall–Kier alpha value is -2.29. The number of hydrogen-bond donors (Lipinski definition) is 1. The maximum Gasteiger partial charge on any atom is 0.305 e. The molecule has 1 aliphatic heterocycles. The van der Waals surface area contributed by atoms with Crippen LogP contribution in [-0.2, 0) is 19.6 Å². The molecule has 2 aromatic rings. The zero-order chi connectivity index (χ0) is 20.9. The Kier molecular flexibility index (Phi) is 7.00. The van der Waals surface area contributed by atoms with Crippen LogP contribution in [0.3, 0.4) is 0 Å². The van der Waals surface area contributed by atoms with Crippen LogP contribution in [0.5, 0.6) is 5.75 Å². The minimum Gasteiger partial charge on any atom is -0.488 e. The summed E-state index contributed by atoms with van der Waals surface area (Å²) >= 11 is 11.8. The zero-order valence-electron chi connectivity index (χ0n) is 15.2. The molecule has 0 spiro atoms. The predicted molar refractivity (Wildman–Crippen MR) is 110 cm³/mol. The van der Waals surface area contributed by atoms with E-state index in [1.165, 1.54) is 6.07 Å². The first-order chi connectivity index (χ1) is 13.9. The molecule has 154 valence electrons. The SMILES string of the molecule is O=C(CCCN=C1NS(=O)(=O)c2ccccc21)OCCOc1ccc(Cl)cc1Cl. The highest BCUT2D eigenvalue weighted by molar-refractivity contribution is 7.90. The van der Waals surface area contributed by atoms with Gasteiger partial charge in [0.25, 0.3) is 10.0 Å². The van der Waals surface area contributed by atoms with Gasteiger partial charge in [-0.25, -0.2) is 8.42 Å². The van der Waals surface area contributed by atoms with Gasteiger partial charge in [0.1, 0.15) is 24.8 Å². The summed E-state index contributed by atoms with van der Waals surface area (Å²) in [6, 6.07) is 11.5. The Morgan fingerprint density at radius 1 is 1.10 bits per heavy atom. The molecule has 29 heavy (non-hydrogen) atoms. The monoisotopic (exact) mass is 456 g/mol. The van der Waals surface area contributed by atoms with E-state index in [2.05, 4.69) is 9.71 Å². The van der Waals surface area contributed by atoms with E-state index in [0.29, 0.717) is 33.6 Å². The smallest absolute Gasteiger partial charge is 0.305 e. The molecule has 7 nitrogen and oxygen atoms in total. The fourth-order valence-corrected chi connectivity index (χ4v) is 4.35. The number of hydrogen-bond acceptors (Lipinski definition) is 6. The van der Waals surface area contributed by atoms with Crippen molar-refractivity contribution in [2.75, 3.05) is 19.8 Å². The number of fused-ring (bicyclic) bond motifs is 1. The van der Waals surface area contributed by atoms with Crippen molar-refractivity contribution < 1.29 is 22.7 Å². The summed E-state index contributed by atoms with van der Waals surface area (Å²) in [5.74, 6) is 0.368. The number of ether oxygens (including phenoxy) is 2. The molecule has 0 fully saturated rings. The van der Waals surface area contributed by atoms with Crippen LogP contribution in [0.1, 0.15) is 18.4 Å². The van der Waals surface area contributed by atoms with Crippen LogP contribution in [0.25, 0.3) is 0 Å². The molecule has 0 bridgehead atoms. The fraction of sp³-hybridized carbons (Fsp3) is 0.263. The van der Waals surface area contributed by atoms with E-state index >= 15 is 0 Å². The molecule has 0 aliphatic carbocycles. The standard InChI is InChI=1S/C19H18Cl2N2O5S/c20-13-7-8-16(15(21)12-13)27-10-11-28-18(24)6-3-9-22-19-14-4-1-2-5-17(14)29(25,26)23-19/h1-2,4-5,7-8,12H,3,6,9-11H2,(H,22,23). The number of sulfonamides is 1. The third kappa shape index (κ3) is 5.62. The van der Waals surface area contributed by atoms with Crippen LogP contribution in [0, 0.1) is 0 Å². The molecule has 0 atom stereocenters. The number of benzene rings is 2. The molecule has 0 saturated carbocycles. The van der Waals surface area contributed by atoms with Crippen molar-refractivity contribution >= 4 is 45.0 Å². The average Bonchev–Trinajstić information content (AvgIpc) is 2.94. The highest BCUT2D eigenvalue weighted by atomic mass is 35.5. The number of carbonyl (C=O) groups excluding carboxylic acids is 1. The lowest BCUT2D eigenvalue weighted by atomic mass is 10.2. The molecule has 0 saturated heterocycles. The lowest BCUT2D eigenvalue weighted by Gasteiger charge is -2.09. The van der Waals surface area contributed by atoms with Crippen molar-refractivity contribution in [1.29, 1.82) is 0 Å². The van der Waals surface area contributed by atoms with Gasteiger partial charge >= 0.3 is 5.97 Å². The van der Waals surface area contributed by atoms with Crippen molar-refractivity contribution in [3.8, 4) is 5.75 Å². The molecule has 0 amide bonds. The molecule has 2 aromatic carbocycles. The average molecular weight is 457 g/mol. The molecule has 1 aliphatic rings. The second-order valence-corrected chi connectivity index (χ2v) is 8.57. The van der Waals surface area contributed by atoms with Crippen LogP contribution in [0.2, 0.25) is 10.0 Å². The lowest BCUT2D eigenvalue weighted by molar-refractivity contribution is -0.144. The number of nitrogens with zero attached hydrogens (tertiary/aromatic N) is 1. The van der Waals surface area contributed by atoms with Gasteiger partial charge in [0.15, 0.2) is 0 Å². The van der Waals surface area contributed by atoms with E-state index in [-0.39, 0.29) is 37.0 Å². The minimum atomic E-state index is -3.55. The Balaban J connectivity index is 1.38. The Labute approximate surface area is 178 Å². The third-order valence-electron chi connectivity index (χ3n) is 3.97. The molecular weight excluding hydrogens is 439 g/mol. The van der Waals surface area contributed by atoms with Crippen LogP contribution in [0.15, 0.2) is 52.4 Å². The van der Waals surface area contributed by atoms with E-state index in [1.807, 2.05) is 0 Å². The van der Waals surface area contributed by atoms with Crippen molar-refractivity contribution in [2.45, 2.75) is 17.7 Å². The topological polar surface area (TPSA) is 94.1 Å². The zero-order valence-corrected chi connectivity index (χ0v) is 17.6. The highest BCUT2D eigenvalue weighted by Crippen LogP contribution is 2.27. The number of carbonyl (C=O) groups is 1. The molecule has 0 aromatic heterocycles. The molecule has 0 unspecified atom stereocenters. The first-order valence-electron chi connectivity index (χ1n) is 8.77. The lowest BCUT2D eigenvalue weighted by Crippen LogP contribution is -2.22. The van der Waals surface area contributed by atoms with Gasteiger partial charge in [-0.2, -0.15) is 0 Å². The van der Waals surface area contributed by atoms with Crippen LogP contribution >= 0.6 is 23.2 Å². The minimum absolute atomic E-state index is 0.0828.